The highest BCUT2D eigenvalue weighted by Crippen LogP contribution is 2.29. The number of furan rings is 1. The molecule has 2 N–H and O–H groups in total. The Labute approximate surface area is 158 Å². The number of aromatic nitrogens is 2. The van der Waals surface area contributed by atoms with Crippen LogP contribution >= 0.6 is 23.1 Å². The number of nitrogens with one attached hydrogen (secondary N) is 2. The van der Waals surface area contributed by atoms with Gasteiger partial charge in [0.2, 0.25) is 11.0 Å². The molecule has 1 unspecified atom stereocenters. The van der Waals surface area contributed by atoms with Crippen molar-refractivity contribution in [3.05, 3.63) is 54.0 Å². The summed E-state index contributed by atoms with van der Waals surface area (Å²) < 4.78 is 5.93. The van der Waals surface area contributed by atoms with E-state index < -0.39 is 0 Å². The van der Waals surface area contributed by atoms with Gasteiger partial charge < -0.3 is 15.1 Å². The molecule has 1 aromatic carbocycles. The maximum absolute atomic E-state index is 12.4. The van der Waals surface area contributed by atoms with Crippen LogP contribution in [0.15, 0.2) is 51.4 Å². The monoisotopic (exact) mass is 385 g/mol. The molecule has 3 rings (SSSR count). The molecule has 0 bridgehead atoms. The summed E-state index contributed by atoms with van der Waals surface area (Å²) in [4.78, 5) is 12.4. The number of anilines is 2. The van der Waals surface area contributed by atoms with Crippen LogP contribution in [0.4, 0.5) is 10.8 Å². The lowest BCUT2D eigenvalue weighted by Crippen LogP contribution is -2.22. The Kier molecular flexibility index (Phi) is 5.88. The van der Waals surface area contributed by atoms with E-state index >= 15 is 0 Å². The largest absolute Gasteiger partial charge is 0.467 e. The van der Waals surface area contributed by atoms with E-state index in [0.29, 0.717) is 27.3 Å². The summed E-state index contributed by atoms with van der Waals surface area (Å²) in [6, 6.07) is 12.6. The Bertz CT molecular complexity index is 917. The van der Waals surface area contributed by atoms with Gasteiger partial charge in [-0.2, -0.15) is 5.26 Å². The van der Waals surface area contributed by atoms with Crippen molar-refractivity contribution in [2.24, 2.45) is 0 Å². The normalized spacial score (nSPS) is 11.5. The van der Waals surface area contributed by atoms with Crippen molar-refractivity contribution >= 4 is 39.8 Å². The molecule has 0 fully saturated rings. The Morgan fingerprint density at radius 3 is 2.96 bits per heavy atom. The van der Waals surface area contributed by atoms with Crippen LogP contribution in [0.25, 0.3) is 0 Å². The number of hydrogen-bond acceptors (Lipinski definition) is 8. The van der Waals surface area contributed by atoms with Crippen molar-refractivity contribution in [2.45, 2.75) is 23.1 Å². The van der Waals surface area contributed by atoms with Crippen LogP contribution in [0.1, 0.15) is 18.2 Å². The smallest absolute Gasteiger partial charge is 0.237 e. The van der Waals surface area contributed by atoms with Gasteiger partial charge in [-0.05, 0) is 31.2 Å². The third kappa shape index (κ3) is 4.62. The lowest BCUT2D eigenvalue weighted by Gasteiger charge is -2.11. The van der Waals surface area contributed by atoms with Gasteiger partial charge >= 0.3 is 0 Å². The molecule has 3 aromatic rings. The van der Waals surface area contributed by atoms with Crippen LogP contribution in [0, 0.1) is 11.3 Å². The first-order valence-electron chi connectivity index (χ1n) is 7.72. The van der Waals surface area contributed by atoms with E-state index in [0.717, 1.165) is 5.76 Å². The summed E-state index contributed by atoms with van der Waals surface area (Å²) in [5, 5.41) is 23.4. The number of benzene rings is 1. The van der Waals surface area contributed by atoms with Gasteiger partial charge in [0.05, 0.1) is 29.3 Å². The van der Waals surface area contributed by atoms with Crippen LogP contribution in [0.5, 0.6) is 0 Å². The predicted octanol–water partition coefficient (Wildman–Crippen LogP) is 3.73. The van der Waals surface area contributed by atoms with E-state index in [1.165, 1.54) is 23.1 Å². The highest BCUT2D eigenvalue weighted by molar-refractivity contribution is 8.02. The fourth-order valence-corrected chi connectivity index (χ4v) is 3.93. The zero-order valence-electron chi connectivity index (χ0n) is 13.8. The van der Waals surface area contributed by atoms with Crippen molar-refractivity contribution in [3.63, 3.8) is 0 Å². The van der Waals surface area contributed by atoms with Crippen LogP contribution < -0.4 is 10.6 Å². The summed E-state index contributed by atoms with van der Waals surface area (Å²) in [5.41, 5.74) is 0.934. The molecular weight excluding hydrogens is 370 g/mol. The van der Waals surface area contributed by atoms with Crippen molar-refractivity contribution in [3.8, 4) is 6.07 Å². The molecule has 2 aromatic heterocycles. The minimum atomic E-state index is -0.382. The molecule has 0 saturated heterocycles. The minimum Gasteiger partial charge on any atom is -0.467 e. The fourth-order valence-electron chi connectivity index (χ4n) is 2.03. The van der Waals surface area contributed by atoms with Crippen LogP contribution in [0.2, 0.25) is 0 Å². The third-order valence-electron chi connectivity index (χ3n) is 3.35. The van der Waals surface area contributed by atoms with E-state index in [9.17, 15) is 4.79 Å². The number of hydrogen-bond donors (Lipinski definition) is 2. The Hall–Kier alpha value is -2.83. The average Bonchev–Trinajstić information content (AvgIpc) is 3.32. The number of carbonyl (C=O) groups is 1. The highest BCUT2D eigenvalue weighted by atomic mass is 32.2. The van der Waals surface area contributed by atoms with Crippen molar-refractivity contribution in [2.75, 3.05) is 10.6 Å². The third-order valence-corrected chi connectivity index (χ3v) is 5.42. The highest BCUT2D eigenvalue weighted by Gasteiger charge is 2.18. The van der Waals surface area contributed by atoms with Crippen molar-refractivity contribution < 1.29 is 9.21 Å². The molecular formula is C17H15N5O2S2. The lowest BCUT2D eigenvalue weighted by atomic mass is 10.2. The standard InChI is InChI=1S/C17H15N5O2S2/c1-11(15(23)20-14-7-3-2-5-12(14)9-18)25-17-22-21-16(26-17)19-10-13-6-4-8-24-13/h2-8,11H,10H2,1H3,(H,19,21)(H,20,23). The van der Waals surface area contributed by atoms with Gasteiger partial charge in [0.25, 0.3) is 0 Å². The SMILES string of the molecule is CC(Sc1nnc(NCc2ccco2)s1)C(=O)Nc1ccccc1C#N. The lowest BCUT2D eigenvalue weighted by molar-refractivity contribution is -0.115. The molecule has 0 saturated carbocycles. The maximum Gasteiger partial charge on any atom is 0.237 e. The van der Waals surface area contributed by atoms with Gasteiger partial charge in [0.1, 0.15) is 11.8 Å². The summed E-state index contributed by atoms with van der Waals surface area (Å²) in [5.74, 6) is 0.608. The molecule has 132 valence electrons. The van der Waals surface area contributed by atoms with E-state index in [-0.39, 0.29) is 11.2 Å². The number of nitrogens with zero attached hydrogens (tertiary/aromatic N) is 3. The number of rotatable bonds is 7. The van der Waals surface area contributed by atoms with Gasteiger partial charge in [-0.15, -0.1) is 10.2 Å². The molecule has 0 spiro atoms. The molecule has 26 heavy (non-hydrogen) atoms. The molecule has 1 amide bonds. The van der Waals surface area contributed by atoms with Gasteiger partial charge in [0, 0.05) is 0 Å². The first kappa shape index (κ1) is 18.0. The molecule has 9 heteroatoms. The van der Waals surface area contributed by atoms with Crippen LogP contribution in [0.3, 0.4) is 0 Å². The second-order valence-corrected chi connectivity index (χ2v) is 7.78. The van der Waals surface area contributed by atoms with Gasteiger partial charge in [-0.3, -0.25) is 4.79 Å². The summed E-state index contributed by atoms with van der Waals surface area (Å²) >= 11 is 2.69. The summed E-state index contributed by atoms with van der Waals surface area (Å²) in [6.45, 7) is 2.31. The minimum absolute atomic E-state index is 0.196. The first-order chi connectivity index (χ1) is 12.7. The van der Waals surface area contributed by atoms with E-state index in [2.05, 4.69) is 26.9 Å². The molecule has 0 radical (unpaired) electrons. The predicted molar refractivity (Wildman–Crippen MR) is 101 cm³/mol. The fraction of sp³-hybridized carbons (Fsp3) is 0.176. The quantitative estimate of drug-likeness (QED) is 0.597. The summed E-state index contributed by atoms with van der Waals surface area (Å²) in [7, 11) is 0. The number of nitriles is 1. The van der Waals surface area contributed by atoms with E-state index in [4.69, 9.17) is 9.68 Å². The first-order valence-corrected chi connectivity index (χ1v) is 9.41. The van der Waals surface area contributed by atoms with E-state index in [1.807, 2.05) is 12.1 Å². The molecule has 7 nitrogen and oxygen atoms in total. The maximum atomic E-state index is 12.4. The molecule has 0 aliphatic rings. The second-order valence-electron chi connectivity index (χ2n) is 5.21. The zero-order valence-corrected chi connectivity index (χ0v) is 15.4. The second kappa shape index (κ2) is 8.51. The van der Waals surface area contributed by atoms with Gasteiger partial charge in [-0.1, -0.05) is 35.2 Å². The van der Waals surface area contributed by atoms with Crippen LogP contribution in [-0.4, -0.2) is 21.4 Å². The Morgan fingerprint density at radius 1 is 1.35 bits per heavy atom. The Balaban J connectivity index is 1.55. The zero-order chi connectivity index (χ0) is 18.4. The summed E-state index contributed by atoms with van der Waals surface area (Å²) in [6.07, 6.45) is 1.61. The van der Waals surface area contributed by atoms with E-state index in [1.54, 1.807) is 37.5 Å². The number of thioether (sulfide) groups is 1. The molecule has 2 heterocycles. The van der Waals surface area contributed by atoms with Crippen molar-refractivity contribution in [1.29, 1.82) is 5.26 Å². The van der Waals surface area contributed by atoms with Crippen molar-refractivity contribution in [1.82, 2.24) is 10.2 Å². The number of carbonyl (C=O) groups excluding carboxylic acids is 1. The molecule has 1 atom stereocenters. The number of amides is 1. The van der Waals surface area contributed by atoms with Gasteiger partial charge in [0.15, 0.2) is 4.34 Å². The van der Waals surface area contributed by atoms with Gasteiger partial charge in [-0.25, -0.2) is 0 Å². The molecule has 0 aliphatic heterocycles. The average molecular weight is 385 g/mol. The number of para-hydroxylation sites is 1. The molecule has 0 aliphatic carbocycles. The van der Waals surface area contributed by atoms with Crippen LogP contribution in [-0.2, 0) is 11.3 Å². The topological polar surface area (TPSA) is 104 Å². The Morgan fingerprint density at radius 2 is 2.19 bits per heavy atom.